The second kappa shape index (κ2) is 12.3. The number of hydrogen-bond acceptors (Lipinski definition) is 10. The standard InChI is InChI=1S/C28H28N6O4.Cu/c1-33(2)19-7-11-23(27(37)15-19)31-29-21-9-5-17(13-25(21)35)18-6-10-22(26(36)14-18)30-32-24-12-8-20(34(3)4)16-28(24)38;/h5-16,35-38H,1-4H3;/q;+2. The molecule has 11 heteroatoms. The smallest absolute Gasteiger partial charge is 0.506 e. The molecule has 0 amide bonds. The molecule has 10 nitrogen and oxygen atoms in total. The number of nitrogens with zero attached hydrogens (tertiary/aromatic N) is 6. The van der Waals surface area contributed by atoms with Gasteiger partial charge < -0.3 is 30.2 Å². The topological polar surface area (TPSA) is 137 Å². The van der Waals surface area contributed by atoms with Gasteiger partial charge in [-0.1, -0.05) is 12.1 Å². The number of aromatic hydroxyl groups is 4. The van der Waals surface area contributed by atoms with Crippen molar-refractivity contribution < 1.29 is 37.5 Å². The molecule has 4 rings (SSSR count). The number of phenolic OH excluding ortho intramolecular Hbond substituents is 4. The normalized spacial score (nSPS) is 11.1. The van der Waals surface area contributed by atoms with E-state index in [0.717, 1.165) is 11.4 Å². The Morgan fingerprint density at radius 2 is 0.718 bits per heavy atom. The van der Waals surface area contributed by atoms with Crippen molar-refractivity contribution in [1.82, 2.24) is 0 Å². The van der Waals surface area contributed by atoms with Crippen molar-refractivity contribution in [3.05, 3.63) is 72.8 Å². The molecule has 0 fully saturated rings. The van der Waals surface area contributed by atoms with Crippen molar-refractivity contribution in [3.63, 3.8) is 0 Å². The van der Waals surface area contributed by atoms with Crippen molar-refractivity contribution in [2.45, 2.75) is 0 Å². The summed E-state index contributed by atoms with van der Waals surface area (Å²) in [6.45, 7) is 0. The molecule has 0 unspecified atom stereocenters. The monoisotopic (exact) mass is 575 g/mol. The zero-order valence-corrected chi connectivity index (χ0v) is 22.6. The van der Waals surface area contributed by atoms with Crippen LogP contribution in [0.5, 0.6) is 23.0 Å². The fourth-order valence-electron chi connectivity index (χ4n) is 3.54. The molecule has 0 aliphatic heterocycles. The molecule has 4 aromatic carbocycles. The summed E-state index contributed by atoms with van der Waals surface area (Å²) in [5.41, 5.74) is 3.90. The summed E-state index contributed by atoms with van der Waals surface area (Å²) < 4.78 is 0. The molecule has 39 heavy (non-hydrogen) atoms. The van der Waals surface area contributed by atoms with Gasteiger partial charge in [-0.15, -0.1) is 20.5 Å². The van der Waals surface area contributed by atoms with Crippen LogP contribution in [0.3, 0.4) is 0 Å². The Kier molecular flexibility index (Phi) is 9.13. The van der Waals surface area contributed by atoms with Gasteiger partial charge in [0.2, 0.25) is 0 Å². The Hall–Kier alpha value is -4.60. The number of phenols is 4. The van der Waals surface area contributed by atoms with Crippen LogP contribution in [0, 0.1) is 0 Å². The van der Waals surface area contributed by atoms with Crippen molar-refractivity contribution >= 4 is 34.1 Å². The average molecular weight is 576 g/mol. The fraction of sp³-hybridized carbons (Fsp3) is 0.143. The Morgan fingerprint density at radius 3 is 0.974 bits per heavy atom. The van der Waals surface area contributed by atoms with Crippen molar-refractivity contribution in [1.29, 1.82) is 0 Å². The summed E-state index contributed by atoms with van der Waals surface area (Å²) >= 11 is 0. The van der Waals surface area contributed by atoms with E-state index in [9.17, 15) is 20.4 Å². The third-order valence-electron chi connectivity index (χ3n) is 5.77. The number of hydrogen-bond donors (Lipinski definition) is 4. The summed E-state index contributed by atoms with van der Waals surface area (Å²) in [7, 11) is 7.46. The maximum absolute atomic E-state index is 10.5. The van der Waals surface area contributed by atoms with E-state index < -0.39 is 0 Å². The van der Waals surface area contributed by atoms with E-state index in [1.165, 1.54) is 12.1 Å². The zero-order chi connectivity index (χ0) is 27.4. The first kappa shape index (κ1) is 29.0. The molecule has 4 N–H and O–H groups in total. The first-order valence-electron chi connectivity index (χ1n) is 11.6. The average Bonchev–Trinajstić information content (AvgIpc) is 2.88. The van der Waals surface area contributed by atoms with Crippen LogP contribution in [0.4, 0.5) is 34.1 Å². The molecule has 203 valence electrons. The number of azo groups is 2. The van der Waals surface area contributed by atoms with Crippen LogP contribution in [0.2, 0.25) is 0 Å². The van der Waals surface area contributed by atoms with Crippen LogP contribution in [-0.4, -0.2) is 48.6 Å². The quantitative estimate of drug-likeness (QED) is 0.136. The summed E-state index contributed by atoms with van der Waals surface area (Å²) in [4.78, 5) is 3.71. The van der Waals surface area contributed by atoms with Crippen LogP contribution in [-0.2, 0) is 17.1 Å². The van der Waals surface area contributed by atoms with Crippen LogP contribution >= 0.6 is 0 Å². The third-order valence-corrected chi connectivity index (χ3v) is 5.77. The van der Waals surface area contributed by atoms with Gasteiger partial charge in [0, 0.05) is 51.7 Å². The molecule has 0 aromatic heterocycles. The van der Waals surface area contributed by atoms with Gasteiger partial charge in [0.1, 0.15) is 45.7 Å². The van der Waals surface area contributed by atoms with Crippen molar-refractivity contribution in [2.24, 2.45) is 20.5 Å². The molecule has 0 aliphatic rings. The maximum atomic E-state index is 10.5. The molecule has 1 radical (unpaired) electrons. The predicted octanol–water partition coefficient (Wildman–Crippen LogP) is 7.14. The van der Waals surface area contributed by atoms with E-state index in [4.69, 9.17) is 0 Å². The van der Waals surface area contributed by atoms with Gasteiger partial charge in [-0.3, -0.25) is 0 Å². The molecule has 0 aliphatic carbocycles. The molecule has 0 saturated carbocycles. The molecule has 0 saturated heterocycles. The van der Waals surface area contributed by atoms with Crippen LogP contribution in [0.1, 0.15) is 0 Å². The molecular formula is C28H28CuN6O4+2. The summed E-state index contributed by atoms with van der Waals surface area (Å²) in [6, 6.07) is 19.7. The summed E-state index contributed by atoms with van der Waals surface area (Å²) in [6.07, 6.45) is 0. The Labute approximate surface area is 236 Å². The Morgan fingerprint density at radius 1 is 0.436 bits per heavy atom. The number of rotatable bonds is 7. The van der Waals surface area contributed by atoms with Gasteiger partial charge in [-0.05, 0) is 59.7 Å². The van der Waals surface area contributed by atoms with Gasteiger partial charge in [0.05, 0.1) is 0 Å². The maximum Gasteiger partial charge on any atom is 2.00 e. The minimum atomic E-state index is -0.115. The first-order valence-corrected chi connectivity index (χ1v) is 11.6. The predicted molar refractivity (Wildman–Crippen MR) is 148 cm³/mol. The summed E-state index contributed by atoms with van der Waals surface area (Å²) in [5.74, 6) is -0.278. The molecular weight excluding hydrogens is 548 g/mol. The van der Waals surface area contributed by atoms with Crippen LogP contribution in [0.15, 0.2) is 93.3 Å². The van der Waals surface area contributed by atoms with Crippen LogP contribution < -0.4 is 9.80 Å². The van der Waals surface area contributed by atoms with E-state index >= 15 is 0 Å². The van der Waals surface area contributed by atoms with Gasteiger partial charge >= 0.3 is 17.1 Å². The molecule has 0 bridgehead atoms. The SMILES string of the molecule is CN(C)c1ccc(N=Nc2ccc(-c3ccc(N=Nc4ccc(N(C)C)cc4O)c(O)c3)cc2O)c(O)c1.[Cu+2]. The molecule has 0 heterocycles. The van der Waals surface area contributed by atoms with E-state index in [0.29, 0.717) is 11.1 Å². The van der Waals surface area contributed by atoms with E-state index in [2.05, 4.69) is 20.5 Å². The van der Waals surface area contributed by atoms with E-state index in [-0.39, 0.29) is 62.8 Å². The van der Waals surface area contributed by atoms with Gasteiger partial charge in [0.25, 0.3) is 0 Å². The van der Waals surface area contributed by atoms with E-state index in [1.54, 1.807) is 60.7 Å². The van der Waals surface area contributed by atoms with Crippen LogP contribution in [0.25, 0.3) is 11.1 Å². The first-order chi connectivity index (χ1) is 18.1. The summed E-state index contributed by atoms with van der Waals surface area (Å²) in [5, 5.41) is 57.5. The van der Waals surface area contributed by atoms with E-state index in [1.807, 2.05) is 38.0 Å². The molecule has 0 spiro atoms. The van der Waals surface area contributed by atoms with Gasteiger partial charge in [-0.2, -0.15) is 0 Å². The van der Waals surface area contributed by atoms with Gasteiger partial charge in [-0.25, -0.2) is 0 Å². The van der Waals surface area contributed by atoms with Crippen molar-refractivity contribution in [2.75, 3.05) is 38.0 Å². The fourth-order valence-corrected chi connectivity index (χ4v) is 3.54. The second-order valence-corrected chi connectivity index (χ2v) is 8.94. The second-order valence-electron chi connectivity index (χ2n) is 8.94. The third kappa shape index (κ3) is 6.84. The number of anilines is 2. The minimum absolute atomic E-state index is 0. The molecule has 4 aromatic rings. The number of benzene rings is 4. The van der Waals surface area contributed by atoms with Crippen molar-refractivity contribution in [3.8, 4) is 34.1 Å². The Balaban J connectivity index is 0.00000420. The minimum Gasteiger partial charge on any atom is -0.506 e. The van der Waals surface area contributed by atoms with Gasteiger partial charge in [0.15, 0.2) is 0 Å². The largest absolute Gasteiger partial charge is 2.00 e. The molecule has 0 atom stereocenters. The zero-order valence-electron chi connectivity index (χ0n) is 21.7. The Bertz CT molecular complexity index is 1420.